The lowest BCUT2D eigenvalue weighted by molar-refractivity contribution is -0.163. The second kappa shape index (κ2) is 8.63. The lowest BCUT2D eigenvalue weighted by atomic mass is 9.79. The monoisotopic (exact) mass is 427 g/mol. The number of hydrogen-bond acceptors (Lipinski definition) is 7. The maximum Gasteiger partial charge on any atom is 0.353 e. The van der Waals surface area contributed by atoms with Crippen LogP contribution in [-0.4, -0.2) is 80.6 Å². The smallest absolute Gasteiger partial charge is 0.353 e. The Morgan fingerprint density at radius 3 is 2.66 bits per heavy atom. The predicted octanol–water partition coefficient (Wildman–Crippen LogP) is -0.509. The average Bonchev–Trinajstić information content (AvgIpc) is 3.22. The summed E-state index contributed by atoms with van der Waals surface area (Å²) in [6.07, 6.45) is -0.312. The van der Waals surface area contributed by atoms with Gasteiger partial charge in [0.1, 0.15) is 5.70 Å². The lowest BCUT2D eigenvalue weighted by Gasteiger charge is -2.46. The number of hydrogen-bond donors (Lipinski definition) is 5. The minimum absolute atomic E-state index is 0.00699. The lowest BCUT2D eigenvalue weighted by Crippen LogP contribution is -2.63. The molecule has 5 N–H and O–H groups in total. The van der Waals surface area contributed by atoms with Crippen LogP contribution in [-0.2, 0) is 14.4 Å². The van der Waals surface area contributed by atoms with E-state index in [-0.39, 0.29) is 41.3 Å². The molecule has 2 amide bonds. The summed E-state index contributed by atoms with van der Waals surface area (Å²) in [5.41, 5.74) is 0.00775. The molecule has 0 bridgehead atoms. The Labute approximate surface area is 173 Å². The number of nitrogens with one attached hydrogen (secondary N) is 2. The first kappa shape index (κ1) is 22.1. The van der Waals surface area contributed by atoms with Gasteiger partial charge in [0, 0.05) is 29.2 Å². The molecule has 0 spiro atoms. The maximum atomic E-state index is 12.4. The van der Waals surface area contributed by atoms with E-state index in [2.05, 4.69) is 10.6 Å². The molecular weight excluding hydrogens is 398 g/mol. The molecule has 0 aromatic heterocycles. The Balaban J connectivity index is 1.66. The topological polar surface area (TPSA) is 139 Å². The molecule has 0 aromatic rings. The number of carbonyl (C=O) groups is 3. The van der Waals surface area contributed by atoms with Crippen molar-refractivity contribution in [3.63, 3.8) is 0 Å². The maximum absolute atomic E-state index is 12.4. The molecule has 7 atom stereocenters. The fourth-order valence-corrected chi connectivity index (χ4v) is 5.82. The summed E-state index contributed by atoms with van der Waals surface area (Å²) in [6, 6.07) is -0.730. The molecule has 2 fully saturated rings. The number of thioether (sulfide) groups is 1. The van der Waals surface area contributed by atoms with E-state index in [0.717, 1.165) is 0 Å². The average molecular weight is 428 g/mol. The number of aliphatic hydroxyl groups excluding tert-OH is 2. The van der Waals surface area contributed by atoms with Gasteiger partial charge in [-0.15, -0.1) is 11.8 Å². The Morgan fingerprint density at radius 2 is 2.07 bits per heavy atom. The Hall–Kier alpha value is -1.62. The van der Waals surface area contributed by atoms with Crippen LogP contribution in [0.5, 0.6) is 0 Å². The van der Waals surface area contributed by atoms with Crippen LogP contribution in [0.15, 0.2) is 10.6 Å². The largest absolute Gasteiger partial charge is 0.477 e. The number of nitrogens with zero attached hydrogens (tertiary/aromatic N) is 1. The van der Waals surface area contributed by atoms with Crippen LogP contribution in [0.2, 0.25) is 0 Å². The van der Waals surface area contributed by atoms with E-state index in [4.69, 9.17) is 0 Å². The van der Waals surface area contributed by atoms with Crippen molar-refractivity contribution in [3.05, 3.63) is 10.6 Å². The van der Waals surface area contributed by atoms with Gasteiger partial charge in [-0.2, -0.15) is 0 Å². The third kappa shape index (κ3) is 4.03. The van der Waals surface area contributed by atoms with Crippen LogP contribution in [0.25, 0.3) is 0 Å². The van der Waals surface area contributed by atoms with Gasteiger partial charge in [-0.25, -0.2) is 4.79 Å². The summed E-state index contributed by atoms with van der Waals surface area (Å²) in [7, 11) is 0. The van der Waals surface area contributed by atoms with E-state index in [0.29, 0.717) is 24.3 Å². The summed E-state index contributed by atoms with van der Waals surface area (Å²) in [5.74, 6) is -2.44. The number of aliphatic hydroxyl groups is 2. The van der Waals surface area contributed by atoms with E-state index < -0.39 is 30.1 Å². The molecule has 0 saturated carbocycles. The first-order valence-corrected chi connectivity index (χ1v) is 10.9. The Morgan fingerprint density at radius 1 is 1.38 bits per heavy atom. The van der Waals surface area contributed by atoms with Gasteiger partial charge in [0.25, 0.3) is 0 Å². The van der Waals surface area contributed by atoms with Crippen molar-refractivity contribution in [3.8, 4) is 0 Å². The minimum atomic E-state index is -1.15. The zero-order valence-electron chi connectivity index (χ0n) is 16.8. The molecule has 0 unspecified atom stereocenters. The number of carboxylic acids is 1. The van der Waals surface area contributed by atoms with Gasteiger partial charge >= 0.3 is 5.97 Å². The van der Waals surface area contributed by atoms with E-state index in [1.165, 1.54) is 16.7 Å². The van der Waals surface area contributed by atoms with Crippen LogP contribution >= 0.6 is 11.8 Å². The Bertz CT molecular complexity index is 727. The van der Waals surface area contributed by atoms with Gasteiger partial charge in [0.2, 0.25) is 11.8 Å². The molecule has 3 rings (SSSR count). The molecule has 3 aliphatic rings. The minimum Gasteiger partial charge on any atom is -0.477 e. The quantitative estimate of drug-likeness (QED) is 0.327. The normalized spacial score (nSPS) is 33.3. The third-order valence-corrected chi connectivity index (χ3v) is 7.51. The number of carboxylic acid groups (broad SMARTS) is 1. The van der Waals surface area contributed by atoms with E-state index in [9.17, 15) is 29.7 Å². The summed E-state index contributed by atoms with van der Waals surface area (Å²) in [5, 5.41) is 35.1. The first-order chi connectivity index (χ1) is 13.7. The second-order valence-electron chi connectivity index (χ2n) is 8.02. The number of rotatable bonds is 8. The van der Waals surface area contributed by atoms with Gasteiger partial charge in [0.15, 0.2) is 0 Å². The van der Waals surface area contributed by atoms with Crippen molar-refractivity contribution in [1.82, 2.24) is 15.5 Å². The molecule has 10 heteroatoms. The molecule has 0 radical (unpaired) electrons. The summed E-state index contributed by atoms with van der Waals surface area (Å²) >= 11 is 1.40. The van der Waals surface area contributed by atoms with Crippen LogP contribution in [0, 0.1) is 11.8 Å². The van der Waals surface area contributed by atoms with E-state index in [1.807, 2.05) is 13.8 Å². The number of carbonyl (C=O) groups excluding carboxylic acids is 2. The zero-order chi connectivity index (χ0) is 21.5. The molecule has 3 aliphatic heterocycles. The Kier molecular flexibility index (Phi) is 6.57. The summed E-state index contributed by atoms with van der Waals surface area (Å²) < 4.78 is 0. The molecule has 2 saturated heterocycles. The van der Waals surface area contributed by atoms with Crippen molar-refractivity contribution in [2.75, 3.05) is 13.1 Å². The fourth-order valence-electron chi connectivity index (χ4n) is 4.34. The van der Waals surface area contributed by atoms with Crippen LogP contribution in [0.3, 0.4) is 0 Å². The van der Waals surface area contributed by atoms with Gasteiger partial charge in [0.05, 0.1) is 30.2 Å². The molecule has 9 nitrogen and oxygen atoms in total. The molecule has 29 heavy (non-hydrogen) atoms. The molecule has 0 aromatic carbocycles. The highest BCUT2D eigenvalue weighted by Crippen LogP contribution is 2.51. The molecule has 0 aliphatic carbocycles. The number of β-lactam (4-membered cyclic amide) rings is 1. The standard InChI is InChI=1S/C19H29N3O6S/c1-4-10(24)6-21-17(25)12-5-11(7-20-12)29-16-8(2)14-13(9(3)23)18(26)22(14)15(16)19(27)28/h8-14,20,23-24H,4-7H2,1-3H3,(H,21,25)(H,27,28)/t8-,9-,10-,11+,12+,13-,14-/m1/s1. The van der Waals surface area contributed by atoms with Crippen molar-refractivity contribution in [2.24, 2.45) is 11.8 Å². The van der Waals surface area contributed by atoms with Crippen molar-refractivity contribution in [1.29, 1.82) is 0 Å². The molecular formula is C19H29N3O6S. The van der Waals surface area contributed by atoms with Gasteiger partial charge < -0.3 is 30.9 Å². The van der Waals surface area contributed by atoms with Crippen LogP contribution < -0.4 is 10.6 Å². The second-order valence-corrected chi connectivity index (χ2v) is 9.36. The van der Waals surface area contributed by atoms with Crippen LogP contribution in [0.4, 0.5) is 0 Å². The number of aliphatic carboxylic acids is 1. The molecule has 162 valence electrons. The predicted molar refractivity (Wildman–Crippen MR) is 107 cm³/mol. The van der Waals surface area contributed by atoms with Gasteiger partial charge in [-0.3, -0.25) is 9.59 Å². The van der Waals surface area contributed by atoms with Crippen molar-refractivity contribution < 1.29 is 29.7 Å². The third-order valence-electron chi connectivity index (χ3n) is 5.99. The van der Waals surface area contributed by atoms with Crippen LogP contribution in [0.1, 0.15) is 33.6 Å². The SMILES string of the molecule is CC[C@@H](O)CNC(=O)[C@@H]1C[C@H](SC2=C(C(=O)O)N3C(=O)[C@H]([C@@H](C)O)[C@H]3[C@H]2C)CN1. The summed E-state index contributed by atoms with van der Waals surface area (Å²) in [6.45, 7) is 6.02. The molecule has 3 heterocycles. The van der Waals surface area contributed by atoms with Crippen molar-refractivity contribution in [2.45, 2.75) is 63.2 Å². The highest BCUT2D eigenvalue weighted by atomic mass is 32.2. The zero-order valence-corrected chi connectivity index (χ0v) is 17.6. The fraction of sp³-hybridized carbons (Fsp3) is 0.737. The highest BCUT2D eigenvalue weighted by Gasteiger charge is 2.60. The summed E-state index contributed by atoms with van der Waals surface area (Å²) in [4.78, 5) is 38.5. The first-order valence-electron chi connectivity index (χ1n) is 10.0. The number of amides is 2. The van der Waals surface area contributed by atoms with Crippen molar-refractivity contribution >= 4 is 29.5 Å². The van der Waals surface area contributed by atoms with E-state index in [1.54, 1.807) is 6.92 Å². The van der Waals surface area contributed by atoms with E-state index >= 15 is 0 Å². The van der Waals surface area contributed by atoms with Gasteiger partial charge in [-0.05, 0) is 19.8 Å². The van der Waals surface area contributed by atoms with Gasteiger partial charge in [-0.1, -0.05) is 13.8 Å². The number of fused-ring (bicyclic) bond motifs is 1. The highest BCUT2D eigenvalue weighted by molar-refractivity contribution is 8.03.